The van der Waals surface area contributed by atoms with Gasteiger partial charge in [-0.1, -0.05) is 18.9 Å². The first-order chi connectivity index (χ1) is 13.9. The topological polar surface area (TPSA) is 99.7 Å². The van der Waals surface area contributed by atoms with Gasteiger partial charge in [0.25, 0.3) is 0 Å². The third kappa shape index (κ3) is 3.76. The third-order valence-electron chi connectivity index (χ3n) is 5.69. The lowest BCUT2D eigenvalue weighted by atomic mass is 10.1. The molecule has 0 N–H and O–H groups in total. The average molecular weight is 400 g/mol. The first-order valence-corrected chi connectivity index (χ1v) is 9.80. The molecule has 1 aliphatic heterocycles. The van der Waals surface area contributed by atoms with Crippen LogP contribution in [0.15, 0.2) is 18.2 Å². The molecule has 2 heterocycles. The van der Waals surface area contributed by atoms with Gasteiger partial charge in [-0.2, -0.15) is 5.10 Å². The van der Waals surface area contributed by atoms with E-state index in [9.17, 15) is 14.9 Å². The van der Waals surface area contributed by atoms with Gasteiger partial charge in [-0.3, -0.25) is 19.6 Å². The summed E-state index contributed by atoms with van der Waals surface area (Å²) in [4.78, 5) is 25.9. The Morgan fingerprint density at radius 3 is 2.69 bits per heavy atom. The molecule has 154 valence electrons. The minimum atomic E-state index is -0.444. The van der Waals surface area contributed by atoms with E-state index in [1.54, 1.807) is 13.8 Å². The highest BCUT2D eigenvalue weighted by Crippen LogP contribution is 2.34. The van der Waals surface area contributed by atoms with Crippen LogP contribution in [0, 0.1) is 24.0 Å². The maximum atomic E-state index is 13.2. The highest BCUT2D eigenvalue weighted by molar-refractivity contribution is 5.76. The summed E-state index contributed by atoms with van der Waals surface area (Å²) in [5.41, 5.74) is 1.66. The van der Waals surface area contributed by atoms with E-state index < -0.39 is 4.92 Å². The van der Waals surface area contributed by atoms with Crippen molar-refractivity contribution in [2.45, 2.75) is 58.7 Å². The first kappa shape index (κ1) is 19.2. The molecule has 9 nitrogen and oxygen atoms in total. The maximum absolute atomic E-state index is 13.2. The van der Waals surface area contributed by atoms with E-state index in [0.29, 0.717) is 29.4 Å². The SMILES string of the molecule is Cc1nn(CC(=O)N(Cc2ccc3c(c2)OCO3)C2CCCC2)c(C)c1[N+](=O)[O-]. The molecule has 0 atom stereocenters. The number of fused-ring (bicyclic) bond motifs is 1. The minimum absolute atomic E-state index is 0.0123. The van der Waals surface area contributed by atoms with Crippen molar-refractivity contribution in [2.24, 2.45) is 0 Å². The molecule has 0 unspecified atom stereocenters. The summed E-state index contributed by atoms with van der Waals surface area (Å²) in [5.74, 6) is 1.31. The summed E-state index contributed by atoms with van der Waals surface area (Å²) in [6.45, 7) is 3.88. The number of nitrogens with zero attached hydrogens (tertiary/aromatic N) is 4. The fraction of sp³-hybridized carbons (Fsp3) is 0.500. The second-order valence-corrected chi connectivity index (χ2v) is 7.58. The number of carbonyl (C=O) groups is 1. The van der Waals surface area contributed by atoms with Gasteiger partial charge in [0.05, 0.1) is 4.92 Å². The number of rotatable bonds is 6. The Labute approximate surface area is 168 Å². The summed E-state index contributed by atoms with van der Waals surface area (Å²) in [6, 6.07) is 5.88. The Bertz CT molecular complexity index is 949. The van der Waals surface area contributed by atoms with Crippen LogP contribution in [0.2, 0.25) is 0 Å². The second-order valence-electron chi connectivity index (χ2n) is 7.58. The molecule has 0 spiro atoms. The number of hydrogen-bond donors (Lipinski definition) is 0. The Kier molecular flexibility index (Phi) is 5.12. The van der Waals surface area contributed by atoms with Crippen molar-refractivity contribution in [1.29, 1.82) is 0 Å². The largest absolute Gasteiger partial charge is 0.454 e. The van der Waals surface area contributed by atoms with Crippen LogP contribution in [-0.4, -0.2) is 38.3 Å². The van der Waals surface area contributed by atoms with Crippen molar-refractivity contribution in [1.82, 2.24) is 14.7 Å². The highest BCUT2D eigenvalue weighted by atomic mass is 16.7. The van der Waals surface area contributed by atoms with Crippen LogP contribution in [0.25, 0.3) is 0 Å². The molecule has 0 saturated heterocycles. The number of benzene rings is 1. The van der Waals surface area contributed by atoms with Crippen molar-refractivity contribution < 1.29 is 19.2 Å². The number of aryl methyl sites for hydroxylation is 1. The second kappa shape index (κ2) is 7.73. The molecule has 1 aliphatic carbocycles. The van der Waals surface area contributed by atoms with Crippen molar-refractivity contribution in [2.75, 3.05) is 6.79 Å². The number of ether oxygens (including phenoxy) is 2. The molecule has 2 aliphatic rings. The summed E-state index contributed by atoms with van der Waals surface area (Å²) >= 11 is 0. The molecule has 4 rings (SSSR count). The molecular weight excluding hydrogens is 376 g/mol. The van der Waals surface area contributed by atoms with E-state index in [1.165, 1.54) is 4.68 Å². The van der Waals surface area contributed by atoms with Gasteiger partial charge in [0, 0.05) is 12.6 Å². The summed E-state index contributed by atoms with van der Waals surface area (Å²) < 4.78 is 12.3. The lowest BCUT2D eigenvalue weighted by molar-refractivity contribution is -0.386. The quantitative estimate of drug-likeness (QED) is 0.546. The van der Waals surface area contributed by atoms with Gasteiger partial charge in [0.1, 0.15) is 17.9 Å². The Morgan fingerprint density at radius 2 is 2.00 bits per heavy atom. The Morgan fingerprint density at radius 1 is 1.28 bits per heavy atom. The number of hydrogen-bond acceptors (Lipinski definition) is 6. The van der Waals surface area contributed by atoms with E-state index in [0.717, 1.165) is 31.2 Å². The van der Waals surface area contributed by atoms with E-state index >= 15 is 0 Å². The molecule has 1 aromatic heterocycles. The number of nitro groups is 1. The number of amides is 1. The fourth-order valence-corrected chi connectivity index (χ4v) is 4.20. The molecule has 1 saturated carbocycles. The lowest BCUT2D eigenvalue weighted by Crippen LogP contribution is -2.40. The summed E-state index contributed by atoms with van der Waals surface area (Å²) in [7, 11) is 0. The maximum Gasteiger partial charge on any atom is 0.312 e. The third-order valence-corrected chi connectivity index (χ3v) is 5.69. The standard InChI is InChI=1S/C20H24N4O5/c1-13-20(24(26)27)14(2)23(21-13)11-19(25)22(16-5-3-4-6-16)10-15-7-8-17-18(9-15)29-12-28-17/h7-9,16H,3-6,10-12H2,1-2H3. The zero-order valence-corrected chi connectivity index (χ0v) is 16.6. The molecule has 0 bridgehead atoms. The predicted molar refractivity (Wildman–Crippen MR) is 104 cm³/mol. The van der Waals surface area contributed by atoms with E-state index in [-0.39, 0.29) is 31.0 Å². The van der Waals surface area contributed by atoms with Gasteiger partial charge in [-0.15, -0.1) is 0 Å². The van der Waals surface area contributed by atoms with Crippen molar-refractivity contribution in [3.05, 3.63) is 45.3 Å². The fourth-order valence-electron chi connectivity index (χ4n) is 4.20. The van der Waals surface area contributed by atoms with Crippen molar-refractivity contribution in [3.8, 4) is 11.5 Å². The monoisotopic (exact) mass is 400 g/mol. The van der Waals surface area contributed by atoms with Crippen LogP contribution in [0.5, 0.6) is 11.5 Å². The van der Waals surface area contributed by atoms with E-state index in [1.807, 2.05) is 23.1 Å². The summed E-state index contributed by atoms with van der Waals surface area (Å²) in [5, 5.41) is 15.5. The molecule has 2 aromatic rings. The number of carbonyl (C=O) groups excluding carboxylic acids is 1. The molecule has 1 aromatic carbocycles. The van der Waals surface area contributed by atoms with Gasteiger partial charge in [0.2, 0.25) is 12.7 Å². The minimum Gasteiger partial charge on any atom is -0.454 e. The van der Waals surface area contributed by atoms with Crippen molar-refractivity contribution in [3.63, 3.8) is 0 Å². The molecular formula is C20H24N4O5. The smallest absolute Gasteiger partial charge is 0.312 e. The Balaban J connectivity index is 1.56. The predicted octanol–water partition coefficient (Wildman–Crippen LogP) is 3.11. The van der Waals surface area contributed by atoms with Crippen LogP contribution >= 0.6 is 0 Å². The van der Waals surface area contributed by atoms with Crippen LogP contribution < -0.4 is 9.47 Å². The van der Waals surface area contributed by atoms with Crippen molar-refractivity contribution >= 4 is 11.6 Å². The zero-order chi connectivity index (χ0) is 20.5. The zero-order valence-electron chi connectivity index (χ0n) is 16.6. The average Bonchev–Trinajstić information content (AvgIpc) is 3.40. The molecule has 1 amide bonds. The van der Waals surface area contributed by atoms with Crippen LogP contribution in [0.4, 0.5) is 5.69 Å². The Hall–Kier alpha value is -3.10. The molecule has 0 radical (unpaired) electrons. The molecule has 9 heteroatoms. The van der Waals surface area contributed by atoms with E-state index in [2.05, 4.69) is 5.10 Å². The molecule has 29 heavy (non-hydrogen) atoms. The number of aromatic nitrogens is 2. The first-order valence-electron chi connectivity index (χ1n) is 9.80. The van der Waals surface area contributed by atoms with Gasteiger partial charge in [-0.25, -0.2) is 0 Å². The lowest BCUT2D eigenvalue weighted by Gasteiger charge is -2.29. The van der Waals surface area contributed by atoms with Gasteiger partial charge < -0.3 is 14.4 Å². The van der Waals surface area contributed by atoms with Gasteiger partial charge in [-0.05, 0) is 44.4 Å². The highest BCUT2D eigenvalue weighted by Gasteiger charge is 2.29. The normalized spacial score (nSPS) is 15.7. The van der Waals surface area contributed by atoms with E-state index in [4.69, 9.17) is 9.47 Å². The molecule has 1 fully saturated rings. The van der Waals surface area contributed by atoms with Crippen LogP contribution in [-0.2, 0) is 17.9 Å². The van der Waals surface area contributed by atoms with Gasteiger partial charge >= 0.3 is 5.69 Å². The van der Waals surface area contributed by atoms with Gasteiger partial charge in [0.15, 0.2) is 11.5 Å². The van der Waals surface area contributed by atoms with Crippen LogP contribution in [0.1, 0.15) is 42.6 Å². The van der Waals surface area contributed by atoms with Crippen LogP contribution in [0.3, 0.4) is 0 Å². The summed E-state index contributed by atoms with van der Waals surface area (Å²) in [6.07, 6.45) is 4.13.